The number of hydrogen-bond donors (Lipinski definition) is 0. The van der Waals surface area contributed by atoms with E-state index in [4.69, 9.17) is 16.3 Å². The van der Waals surface area contributed by atoms with Gasteiger partial charge in [-0.25, -0.2) is 0 Å². The summed E-state index contributed by atoms with van der Waals surface area (Å²) in [4.78, 5) is 16.9. The average Bonchev–Trinajstić information content (AvgIpc) is 2.63. The first-order valence-electron chi connectivity index (χ1n) is 8.44. The van der Waals surface area contributed by atoms with E-state index in [0.717, 1.165) is 29.9 Å². The number of amides is 1. The van der Waals surface area contributed by atoms with Gasteiger partial charge in [0.1, 0.15) is 5.75 Å². The monoisotopic (exact) mass is 358 g/mol. The zero-order valence-corrected chi connectivity index (χ0v) is 15.6. The lowest BCUT2D eigenvalue weighted by molar-refractivity contribution is 0.0746. The topological polar surface area (TPSA) is 32.8 Å². The molecule has 1 fully saturated rings. The van der Waals surface area contributed by atoms with Crippen molar-refractivity contribution in [2.24, 2.45) is 0 Å². The maximum absolute atomic E-state index is 12.7. The summed E-state index contributed by atoms with van der Waals surface area (Å²) in [5.74, 6) is 0.782. The van der Waals surface area contributed by atoms with Crippen LogP contribution in [0, 0.1) is 13.8 Å². The van der Waals surface area contributed by atoms with Crippen LogP contribution >= 0.6 is 11.6 Å². The lowest BCUT2D eigenvalue weighted by Crippen LogP contribution is -2.48. The number of rotatable bonds is 3. The molecule has 0 bridgehead atoms. The number of hydrogen-bond acceptors (Lipinski definition) is 3. The molecule has 0 spiro atoms. The molecule has 0 saturated carbocycles. The minimum absolute atomic E-state index is 0.107. The molecule has 2 aromatic rings. The molecule has 0 radical (unpaired) electrons. The Morgan fingerprint density at radius 3 is 2.32 bits per heavy atom. The third-order valence-electron chi connectivity index (χ3n) is 4.82. The Labute approximate surface area is 154 Å². The van der Waals surface area contributed by atoms with E-state index in [-0.39, 0.29) is 5.91 Å². The molecule has 1 amide bonds. The lowest BCUT2D eigenvalue weighted by atomic mass is 10.1. The molecule has 5 heteroatoms. The highest BCUT2D eigenvalue weighted by atomic mass is 35.5. The SMILES string of the molecule is COc1ccc(N2CCN(C(=O)c3ccc(C)c(C)c3)CC2)cc1Cl. The number of ether oxygens (including phenoxy) is 1. The van der Waals surface area contributed by atoms with E-state index in [9.17, 15) is 4.79 Å². The van der Waals surface area contributed by atoms with Crippen molar-refractivity contribution in [2.45, 2.75) is 13.8 Å². The molecular weight excluding hydrogens is 336 g/mol. The van der Waals surface area contributed by atoms with Crippen LogP contribution in [-0.4, -0.2) is 44.1 Å². The van der Waals surface area contributed by atoms with Crippen LogP contribution in [0.3, 0.4) is 0 Å². The van der Waals surface area contributed by atoms with E-state index in [1.54, 1.807) is 7.11 Å². The van der Waals surface area contributed by atoms with Gasteiger partial charge in [0.2, 0.25) is 0 Å². The highest BCUT2D eigenvalue weighted by Crippen LogP contribution is 2.29. The van der Waals surface area contributed by atoms with E-state index in [0.29, 0.717) is 23.9 Å². The Balaban J connectivity index is 1.66. The summed E-state index contributed by atoms with van der Waals surface area (Å²) in [5, 5.41) is 0.605. The number of benzene rings is 2. The molecule has 1 saturated heterocycles. The molecule has 25 heavy (non-hydrogen) atoms. The second-order valence-electron chi connectivity index (χ2n) is 6.40. The number of methoxy groups -OCH3 is 1. The van der Waals surface area contributed by atoms with E-state index in [1.165, 1.54) is 5.56 Å². The molecular formula is C20H23ClN2O2. The zero-order valence-electron chi connectivity index (χ0n) is 14.9. The number of carbonyl (C=O) groups excluding carboxylic acids is 1. The van der Waals surface area contributed by atoms with Crippen molar-refractivity contribution in [3.8, 4) is 5.75 Å². The summed E-state index contributed by atoms with van der Waals surface area (Å²) in [6.45, 7) is 7.09. The van der Waals surface area contributed by atoms with Crippen LogP contribution in [-0.2, 0) is 0 Å². The van der Waals surface area contributed by atoms with E-state index >= 15 is 0 Å². The summed E-state index contributed by atoms with van der Waals surface area (Å²) in [5.41, 5.74) is 4.18. The Hall–Kier alpha value is -2.20. The molecule has 132 valence electrons. The average molecular weight is 359 g/mol. The van der Waals surface area contributed by atoms with Crippen LogP contribution in [0.4, 0.5) is 5.69 Å². The molecule has 1 aliphatic rings. The summed E-state index contributed by atoms with van der Waals surface area (Å²) < 4.78 is 5.20. The van der Waals surface area contributed by atoms with E-state index < -0.39 is 0 Å². The number of carbonyl (C=O) groups is 1. The quantitative estimate of drug-likeness (QED) is 0.833. The highest BCUT2D eigenvalue weighted by Gasteiger charge is 2.23. The van der Waals surface area contributed by atoms with Crippen molar-refractivity contribution in [1.29, 1.82) is 0 Å². The fraction of sp³-hybridized carbons (Fsp3) is 0.350. The number of aryl methyl sites for hydroxylation is 2. The first kappa shape index (κ1) is 17.6. The number of nitrogens with zero attached hydrogens (tertiary/aromatic N) is 2. The summed E-state index contributed by atoms with van der Waals surface area (Å²) in [6.07, 6.45) is 0. The predicted octanol–water partition coefficient (Wildman–Crippen LogP) is 3.93. The van der Waals surface area contributed by atoms with Crippen LogP contribution in [0.1, 0.15) is 21.5 Å². The third-order valence-corrected chi connectivity index (χ3v) is 5.12. The fourth-order valence-corrected chi connectivity index (χ4v) is 3.33. The van der Waals surface area contributed by atoms with Crippen molar-refractivity contribution < 1.29 is 9.53 Å². The molecule has 3 rings (SSSR count). The normalized spacial score (nSPS) is 14.6. The Morgan fingerprint density at radius 2 is 1.72 bits per heavy atom. The van der Waals surface area contributed by atoms with Gasteiger partial charge in [-0.1, -0.05) is 17.7 Å². The van der Waals surface area contributed by atoms with Gasteiger partial charge in [-0.2, -0.15) is 0 Å². The molecule has 2 aromatic carbocycles. The predicted molar refractivity (Wildman–Crippen MR) is 102 cm³/mol. The van der Waals surface area contributed by atoms with Gasteiger partial charge in [0.05, 0.1) is 12.1 Å². The number of anilines is 1. The van der Waals surface area contributed by atoms with Gasteiger partial charge in [0, 0.05) is 37.4 Å². The maximum Gasteiger partial charge on any atom is 0.253 e. The molecule has 0 aliphatic carbocycles. The Kier molecular flexibility index (Phi) is 5.19. The van der Waals surface area contributed by atoms with Crippen LogP contribution in [0.2, 0.25) is 5.02 Å². The lowest BCUT2D eigenvalue weighted by Gasteiger charge is -2.36. The molecule has 0 N–H and O–H groups in total. The van der Waals surface area contributed by atoms with Crippen molar-refractivity contribution >= 4 is 23.2 Å². The van der Waals surface area contributed by atoms with Gasteiger partial charge >= 0.3 is 0 Å². The van der Waals surface area contributed by atoms with Gasteiger partial charge in [0.25, 0.3) is 5.91 Å². The van der Waals surface area contributed by atoms with E-state index in [1.807, 2.05) is 48.2 Å². The Morgan fingerprint density at radius 1 is 1.00 bits per heavy atom. The van der Waals surface area contributed by atoms with Crippen LogP contribution in [0.25, 0.3) is 0 Å². The smallest absolute Gasteiger partial charge is 0.253 e. The second kappa shape index (κ2) is 7.36. The van der Waals surface area contributed by atoms with E-state index in [2.05, 4.69) is 11.8 Å². The molecule has 1 aliphatic heterocycles. The minimum atomic E-state index is 0.107. The van der Waals surface area contributed by atoms with Crippen LogP contribution in [0.15, 0.2) is 36.4 Å². The molecule has 0 unspecified atom stereocenters. The fourth-order valence-electron chi connectivity index (χ4n) is 3.08. The molecule has 1 heterocycles. The zero-order chi connectivity index (χ0) is 18.0. The van der Waals surface area contributed by atoms with Gasteiger partial charge in [0.15, 0.2) is 0 Å². The summed E-state index contributed by atoms with van der Waals surface area (Å²) in [7, 11) is 1.61. The van der Waals surface area contributed by atoms with Crippen molar-refractivity contribution in [2.75, 3.05) is 38.2 Å². The number of piperazine rings is 1. The number of halogens is 1. The maximum atomic E-state index is 12.7. The van der Waals surface area contributed by atoms with Gasteiger partial charge < -0.3 is 14.5 Å². The van der Waals surface area contributed by atoms with Gasteiger partial charge in [-0.15, -0.1) is 0 Å². The van der Waals surface area contributed by atoms with Crippen molar-refractivity contribution in [3.05, 3.63) is 58.1 Å². The Bertz CT molecular complexity index is 783. The van der Waals surface area contributed by atoms with Crippen LogP contribution in [0.5, 0.6) is 5.75 Å². The summed E-state index contributed by atoms with van der Waals surface area (Å²) in [6, 6.07) is 11.7. The van der Waals surface area contributed by atoms with Crippen molar-refractivity contribution in [1.82, 2.24) is 4.90 Å². The molecule has 0 atom stereocenters. The molecule has 4 nitrogen and oxygen atoms in total. The first-order valence-corrected chi connectivity index (χ1v) is 8.82. The molecule has 0 aromatic heterocycles. The first-order chi connectivity index (χ1) is 12.0. The standard InChI is InChI=1S/C20H23ClN2O2/c1-14-4-5-16(12-15(14)2)20(24)23-10-8-22(9-11-23)17-6-7-19(25-3)18(21)13-17/h4-7,12-13H,8-11H2,1-3H3. The van der Waals surface area contributed by atoms with Crippen molar-refractivity contribution in [3.63, 3.8) is 0 Å². The third kappa shape index (κ3) is 3.74. The van der Waals surface area contributed by atoms with Gasteiger partial charge in [-0.05, 0) is 55.3 Å². The van der Waals surface area contributed by atoms with Gasteiger partial charge in [-0.3, -0.25) is 4.79 Å². The second-order valence-corrected chi connectivity index (χ2v) is 6.80. The van der Waals surface area contributed by atoms with Crippen LogP contribution < -0.4 is 9.64 Å². The minimum Gasteiger partial charge on any atom is -0.495 e. The summed E-state index contributed by atoms with van der Waals surface area (Å²) >= 11 is 6.22. The highest BCUT2D eigenvalue weighted by molar-refractivity contribution is 6.32. The largest absolute Gasteiger partial charge is 0.495 e.